The zero-order chi connectivity index (χ0) is 13.7. The SMILES string of the molecule is CCc1ccc(N2CC(C)CNC(CC#N)C2)cc1. The first-order valence-corrected chi connectivity index (χ1v) is 7.17. The van der Waals surface area contributed by atoms with Crippen molar-refractivity contribution in [3.8, 4) is 6.07 Å². The first-order chi connectivity index (χ1) is 9.22. The summed E-state index contributed by atoms with van der Waals surface area (Å²) < 4.78 is 0. The Kier molecular flexibility index (Phi) is 4.81. The summed E-state index contributed by atoms with van der Waals surface area (Å²) in [4.78, 5) is 2.41. The number of nitrogens with zero attached hydrogens (tertiary/aromatic N) is 2. The smallest absolute Gasteiger partial charge is 0.0638 e. The Morgan fingerprint density at radius 1 is 1.32 bits per heavy atom. The lowest BCUT2D eigenvalue weighted by Crippen LogP contribution is -2.37. The van der Waals surface area contributed by atoms with Crippen LogP contribution in [0, 0.1) is 17.2 Å². The van der Waals surface area contributed by atoms with Crippen molar-refractivity contribution in [2.24, 2.45) is 5.92 Å². The standard InChI is InChI=1S/C16H23N3/c1-3-14-4-6-16(7-5-14)19-11-13(2)10-18-15(12-19)8-9-17/h4-7,13,15,18H,3,8,10-12H2,1-2H3. The highest BCUT2D eigenvalue weighted by Crippen LogP contribution is 2.19. The van der Waals surface area contributed by atoms with Crippen molar-refractivity contribution in [2.45, 2.75) is 32.7 Å². The molecule has 3 nitrogen and oxygen atoms in total. The van der Waals surface area contributed by atoms with E-state index in [0.717, 1.165) is 26.1 Å². The van der Waals surface area contributed by atoms with Crippen LogP contribution in [0.3, 0.4) is 0 Å². The van der Waals surface area contributed by atoms with Gasteiger partial charge in [0, 0.05) is 24.8 Å². The van der Waals surface area contributed by atoms with Crippen molar-refractivity contribution >= 4 is 5.69 Å². The van der Waals surface area contributed by atoms with Crippen molar-refractivity contribution < 1.29 is 0 Å². The second kappa shape index (κ2) is 6.58. The zero-order valence-electron chi connectivity index (χ0n) is 11.9. The zero-order valence-corrected chi connectivity index (χ0v) is 11.9. The van der Waals surface area contributed by atoms with Crippen LogP contribution in [-0.2, 0) is 6.42 Å². The molecule has 102 valence electrons. The third kappa shape index (κ3) is 3.71. The molecule has 19 heavy (non-hydrogen) atoms. The third-order valence-corrected chi connectivity index (χ3v) is 3.78. The topological polar surface area (TPSA) is 39.1 Å². The Morgan fingerprint density at radius 3 is 2.68 bits per heavy atom. The van der Waals surface area contributed by atoms with Gasteiger partial charge in [0.25, 0.3) is 0 Å². The van der Waals surface area contributed by atoms with Gasteiger partial charge in [0.05, 0.1) is 12.5 Å². The van der Waals surface area contributed by atoms with Crippen LogP contribution in [0.4, 0.5) is 5.69 Å². The van der Waals surface area contributed by atoms with Gasteiger partial charge in [-0.3, -0.25) is 0 Å². The minimum absolute atomic E-state index is 0.279. The molecule has 1 heterocycles. The molecule has 0 radical (unpaired) electrons. The number of rotatable bonds is 3. The Hall–Kier alpha value is -1.53. The van der Waals surface area contributed by atoms with E-state index in [9.17, 15) is 0 Å². The molecule has 0 bridgehead atoms. The summed E-state index contributed by atoms with van der Waals surface area (Å²) in [6.45, 7) is 7.41. The third-order valence-electron chi connectivity index (χ3n) is 3.78. The van der Waals surface area contributed by atoms with Gasteiger partial charge in [-0.15, -0.1) is 0 Å². The number of nitrogens with one attached hydrogen (secondary N) is 1. The number of hydrogen-bond donors (Lipinski definition) is 1. The van der Waals surface area contributed by atoms with E-state index in [1.165, 1.54) is 11.3 Å². The summed E-state index contributed by atoms with van der Waals surface area (Å²) in [6.07, 6.45) is 1.66. The van der Waals surface area contributed by atoms with E-state index in [-0.39, 0.29) is 6.04 Å². The van der Waals surface area contributed by atoms with Gasteiger partial charge in [0.1, 0.15) is 0 Å². The lowest BCUT2D eigenvalue weighted by Gasteiger charge is -2.26. The number of nitriles is 1. The highest BCUT2D eigenvalue weighted by atomic mass is 15.2. The van der Waals surface area contributed by atoms with Gasteiger partial charge in [0.2, 0.25) is 0 Å². The molecule has 1 aliphatic rings. The molecule has 0 aliphatic carbocycles. The van der Waals surface area contributed by atoms with Crippen LogP contribution in [0.2, 0.25) is 0 Å². The van der Waals surface area contributed by atoms with Gasteiger partial charge in [-0.25, -0.2) is 0 Å². The van der Waals surface area contributed by atoms with Crippen LogP contribution in [0.1, 0.15) is 25.8 Å². The van der Waals surface area contributed by atoms with Gasteiger partial charge in [0.15, 0.2) is 0 Å². The monoisotopic (exact) mass is 257 g/mol. The summed E-state index contributed by atoms with van der Waals surface area (Å²) in [5.41, 5.74) is 2.65. The molecular formula is C16H23N3. The summed E-state index contributed by atoms with van der Waals surface area (Å²) in [5.74, 6) is 0.606. The van der Waals surface area contributed by atoms with Crippen LogP contribution in [-0.4, -0.2) is 25.7 Å². The van der Waals surface area contributed by atoms with Gasteiger partial charge < -0.3 is 10.2 Å². The molecule has 1 aromatic carbocycles. The van der Waals surface area contributed by atoms with Crippen LogP contribution in [0.25, 0.3) is 0 Å². The molecule has 1 aromatic rings. The quantitative estimate of drug-likeness (QED) is 0.904. The highest BCUT2D eigenvalue weighted by Gasteiger charge is 2.21. The predicted octanol–water partition coefficient (Wildman–Crippen LogP) is 2.58. The minimum atomic E-state index is 0.279. The fourth-order valence-corrected chi connectivity index (χ4v) is 2.61. The molecule has 1 N–H and O–H groups in total. The summed E-state index contributed by atoms with van der Waals surface area (Å²) in [7, 11) is 0. The molecule has 3 heteroatoms. The van der Waals surface area contributed by atoms with E-state index in [1.807, 2.05) is 0 Å². The van der Waals surface area contributed by atoms with Crippen LogP contribution in [0.5, 0.6) is 0 Å². The Balaban J connectivity index is 2.12. The molecule has 1 aliphatic heterocycles. The van der Waals surface area contributed by atoms with E-state index in [1.54, 1.807) is 0 Å². The molecule has 0 saturated carbocycles. The fraction of sp³-hybridized carbons (Fsp3) is 0.562. The Labute approximate surface area is 116 Å². The highest BCUT2D eigenvalue weighted by molar-refractivity contribution is 5.48. The van der Waals surface area contributed by atoms with E-state index in [2.05, 4.69) is 54.4 Å². The van der Waals surface area contributed by atoms with Crippen LogP contribution >= 0.6 is 0 Å². The lowest BCUT2D eigenvalue weighted by molar-refractivity contribution is 0.509. The van der Waals surface area contributed by atoms with E-state index in [0.29, 0.717) is 12.3 Å². The average Bonchev–Trinajstić information content (AvgIpc) is 2.62. The fourth-order valence-electron chi connectivity index (χ4n) is 2.61. The largest absolute Gasteiger partial charge is 0.370 e. The van der Waals surface area contributed by atoms with Gasteiger partial charge >= 0.3 is 0 Å². The molecular weight excluding hydrogens is 234 g/mol. The normalized spacial score (nSPS) is 23.7. The number of hydrogen-bond acceptors (Lipinski definition) is 3. The van der Waals surface area contributed by atoms with Gasteiger partial charge in [-0.05, 0) is 36.6 Å². The van der Waals surface area contributed by atoms with Crippen LogP contribution < -0.4 is 10.2 Å². The second-order valence-electron chi connectivity index (χ2n) is 5.50. The summed E-state index contributed by atoms with van der Waals surface area (Å²) in [5, 5.41) is 12.4. The minimum Gasteiger partial charge on any atom is -0.370 e. The first-order valence-electron chi connectivity index (χ1n) is 7.17. The maximum Gasteiger partial charge on any atom is 0.0638 e. The maximum atomic E-state index is 8.89. The first kappa shape index (κ1) is 13.9. The molecule has 0 spiro atoms. The lowest BCUT2D eigenvalue weighted by atomic mass is 10.1. The molecule has 2 rings (SSSR count). The van der Waals surface area contributed by atoms with Gasteiger partial charge in [-0.2, -0.15) is 5.26 Å². The maximum absolute atomic E-state index is 8.89. The van der Waals surface area contributed by atoms with Crippen molar-refractivity contribution in [3.05, 3.63) is 29.8 Å². The van der Waals surface area contributed by atoms with Crippen molar-refractivity contribution in [2.75, 3.05) is 24.5 Å². The average molecular weight is 257 g/mol. The molecule has 2 atom stereocenters. The van der Waals surface area contributed by atoms with Crippen molar-refractivity contribution in [1.29, 1.82) is 5.26 Å². The molecule has 0 aromatic heterocycles. The number of anilines is 1. The molecule has 1 saturated heterocycles. The van der Waals surface area contributed by atoms with E-state index in [4.69, 9.17) is 5.26 Å². The molecule has 2 unspecified atom stereocenters. The van der Waals surface area contributed by atoms with Crippen LogP contribution in [0.15, 0.2) is 24.3 Å². The van der Waals surface area contributed by atoms with Gasteiger partial charge in [-0.1, -0.05) is 26.0 Å². The Bertz CT molecular complexity index is 432. The number of aryl methyl sites for hydroxylation is 1. The predicted molar refractivity (Wildman–Crippen MR) is 79.2 cm³/mol. The molecule has 0 amide bonds. The van der Waals surface area contributed by atoms with Crippen molar-refractivity contribution in [3.63, 3.8) is 0 Å². The second-order valence-corrected chi connectivity index (χ2v) is 5.50. The number of benzene rings is 1. The van der Waals surface area contributed by atoms with E-state index < -0.39 is 0 Å². The Morgan fingerprint density at radius 2 is 2.05 bits per heavy atom. The molecule has 1 fully saturated rings. The van der Waals surface area contributed by atoms with Crippen molar-refractivity contribution in [1.82, 2.24) is 5.32 Å². The summed E-state index contributed by atoms with van der Waals surface area (Å²) in [6, 6.07) is 11.4. The summed E-state index contributed by atoms with van der Waals surface area (Å²) >= 11 is 0. The van der Waals surface area contributed by atoms with E-state index >= 15 is 0 Å².